The number of rotatable bonds is 5. The van der Waals surface area contributed by atoms with Crippen LogP contribution < -0.4 is 4.90 Å². The molecule has 4 heterocycles. The Labute approximate surface area is 185 Å². The second-order valence-electron chi connectivity index (χ2n) is 8.91. The largest absolute Gasteiger partial charge is 0.326 e. The fourth-order valence-electron chi connectivity index (χ4n) is 5.07. The lowest BCUT2D eigenvalue weighted by Gasteiger charge is -2.26. The molecular weight excluding hydrogens is 436 g/mol. The van der Waals surface area contributed by atoms with Crippen LogP contribution in [0.25, 0.3) is 11.0 Å². The van der Waals surface area contributed by atoms with E-state index < -0.39 is 9.84 Å². The highest BCUT2D eigenvalue weighted by molar-refractivity contribution is 7.92. The lowest BCUT2D eigenvalue weighted by molar-refractivity contribution is -0.120. The van der Waals surface area contributed by atoms with Gasteiger partial charge in [-0.25, -0.2) is 13.4 Å². The van der Waals surface area contributed by atoms with Crippen molar-refractivity contribution in [2.45, 2.75) is 37.8 Å². The number of benzene rings is 1. The number of halogens is 1. The predicted octanol–water partition coefficient (Wildman–Crippen LogP) is 3.10. The zero-order valence-electron chi connectivity index (χ0n) is 16.8. The highest BCUT2D eigenvalue weighted by Gasteiger charge is 2.59. The van der Waals surface area contributed by atoms with Crippen molar-refractivity contribution in [3.8, 4) is 0 Å². The molecule has 0 unspecified atom stereocenters. The van der Waals surface area contributed by atoms with E-state index in [1.54, 1.807) is 12.4 Å². The van der Waals surface area contributed by atoms with Gasteiger partial charge in [0.25, 0.3) is 0 Å². The molecule has 9 heteroatoms. The van der Waals surface area contributed by atoms with Crippen LogP contribution in [-0.2, 0) is 33.1 Å². The Morgan fingerprint density at radius 1 is 1.19 bits per heavy atom. The van der Waals surface area contributed by atoms with Gasteiger partial charge in [0.15, 0.2) is 9.84 Å². The number of fused-ring (bicyclic) bond motifs is 3. The Hall–Kier alpha value is -2.45. The van der Waals surface area contributed by atoms with Crippen molar-refractivity contribution >= 4 is 44.1 Å². The van der Waals surface area contributed by atoms with Crippen LogP contribution >= 0.6 is 11.6 Å². The second kappa shape index (κ2) is 6.53. The summed E-state index contributed by atoms with van der Waals surface area (Å²) in [6.07, 6.45) is 6.03. The molecule has 1 saturated heterocycles. The fourth-order valence-corrected chi connectivity index (χ4v) is 6.90. The maximum absolute atomic E-state index is 13.3. The summed E-state index contributed by atoms with van der Waals surface area (Å²) in [5.74, 6) is 1.59. The Bertz CT molecular complexity index is 1330. The van der Waals surface area contributed by atoms with Crippen LogP contribution in [0.15, 0.2) is 36.7 Å². The minimum atomic E-state index is -2.85. The third-order valence-electron chi connectivity index (χ3n) is 6.84. The van der Waals surface area contributed by atoms with E-state index in [1.165, 1.54) is 0 Å². The number of anilines is 1. The molecule has 3 aromatic rings. The first kappa shape index (κ1) is 19.3. The van der Waals surface area contributed by atoms with Gasteiger partial charge in [-0.3, -0.25) is 9.78 Å². The molecule has 1 spiro atoms. The molecule has 2 fully saturated rings. The number of amides is 1. The van der Waals surface area contributed by atoms with E-state index >= 15 is 0 Å². The third kappa shape index (κ3) is 2.99. The van der Waals surface area contributed by atoms with Gasteiger partial charge in [0.05, 0.1) is 46.4 Å². The standard InChI is InChI=1S/C22H21ClN4O3S/c23-15-1-2-18-17(9-15)25-20(26(18)8-4-14-12-31(29,30)13-14)11-27-19-10-24-7-3-16(19)22(5-6-22)21(27)28/h1-3,7,9-10,14H,4-6,8,11-13H2. The average molecular weight is 457 g/mol. The molecule has 2 aliphatic heterocycles. The number of aryl methyl sites for hydroxylation is 1. The molecule has 0 atom stereocenters. The molecular formula is C22H21ClN4O3S. The fraction of sp³-hybridized carbons (Fsp3) is 0.409. The first-order chi connectivity index (χ1) is 14.9. The molecule has 7 nitrogen and oxygen atoms in total. The van der Waals surface area contributed by atoms with Gasteiger partial charge in [0, 0.05) is 17.8 Å². The Kier molecular flexibility index (Phi) is 4.05. The van der Waals surface area contributed by atoms with Crippen molar-refractivity contribution in [3.63, 3.8) is 0 Å². The number of nitrogens with zero attached hydrogens (tertiary/aromatic N) is 4. The molecule has 0 bridgehead atoms. The number of imidazole rings is 1. The van der Waals surface area contributed by atoms with Crippen LogP contribution in [-0.4, -0.2) is 40.4 Å². The summed E-state index contributed by atoms with van der Waals surface area (Å²) in [6.45, 7) is 1.01. The Morgan fingerprint density at radius 2 is 2.00 bits per heavy atom. The van der Waals surface area contributed by atoms with Gasteiger partial charge in [-0.2, -0.15) is 0 Å². The van der Waals surface area contributed by atoms with E-state index in [1.807, 2.05) is 29.2 Å². The zero-order chi connectivity index (χ0) is 21.4. The smallest absolute Gasteiger partial charge is 0.238 e. The maximum Gasteiger partial charge on any atom is 0.238 e. The van der Waals surface area contributed by atoms with Crippen LogP contribution in [0.3, 0.4) is 0 Å². The molecule has 0 radical (unpaired) electrons. The molecule has 1 saturated carbocycles. The van der Waals surface area contributed by atoms with Crippen molar-refractivity contribution in [2.24, 2.45) is 5.92 Å². The minimum absolute atomic E-state index is 0.122. The van der Waals surface area contributed by atoms with Crippen molar-refractivity contribution in [2.75, 3.05) is 16.4 Å². The second-order valence-corrected chi connectivity index (χ2v) is 11.5. The summed E-state index contributed by atoms with van der Waals surface area (Å²) < 4.78 is 25.2. The molecule has 31 heavy (non-hydrogen) atoms. The van der Waals surface area contributed by atoms with E-state index in [0.29, 0.717) is 18.1 Å². The van der Waals surface area contributed by atoms with Gasteiger partial charge in [0.2, 0.25) is 5.91 Å². The molecule has 1 aromatic carbocycles. The van der Waals surface area contributed by atoms with Crippen molar-refractivity contribution in [1.29, 1.82) is 0 Å². The average Bonchev–Trinajstić information content (AvgIpc) is 3.41. The Balaban J connectivity index is 1.35. The normalized spacial score (nSPS) is 20.9. The lowest BCUT2D eigenvalue weighted by Crippen LogP contribution is -2.37. The third-order valence-corrected chi connectivity index (χ3v) is 9.03. The molecule has 1 aliphatic carbocycles. The highest BCUT2D eigenvalue weighted by Crippen LogP contribution is 2.57. The van der Waals surface area contributed by atoms with Crippen LogP contribution in [0.1, 0.15) is 30.7 Å². The number of sulfone groups is 1. The van der Waals surface area contributed by atoms with Crippen LogP contribution in [0.5, 0.6) is 0 Å². The van der Waals surface area contributed by atoms with Gasteiger partial charge in [-0.15, -0.1) is 0 Å². The summed E-state index contributed by atoms with van der Waals surface area (Å²) >= 11 is 6.19. The van der Waals surface area contributed by atoms with Crippen LogP contribution in [0, 0.1) is 5.92 Å². The molecule has 3 aliphatic rings. The molecule has 1 amide bonds. The quantitative estimate of drug-likeness (QED) is 0.589. The van der Waals surface area contributed by atoms with Gasteiger partial charge >= 0.3 is 0 Å². The number of hydrogen-bond acceptors (Lipinski definition) is 5. The first-order valence-corrected chi connectivity index (χ1v) is 12.7. The SMILES string of the molecule is O=C1N(Cc2nc3cc(Cl)ccc3n2CCC2CS(=O)(=O)C2)c2cnccc2C12CC2. The van der Waals surface area contributed by atoms with Gasteiger partial charge in [-0.1, -0.05) is 11.6 Å². The predicted molar refractivity (Wildman–Crippen MR) is 118 cm³/mol. The monoisotopic (exact) mass is 456 g/mol. The van der Waals surface area contributed by atoms with Gasteiger partial charge in [-0.05, 0) is 55.0 Å². The van der Waals surface area contributed by atoms with Crippen molar-refractivity contribution in [1.82, 2.24) is 14.5 Å². The van der Waals surface area contributed by atoms with Crippen LogP contribution in [0.2, 0.25) is 5.02 Å². The number of pyridine rings is 1. The van der Waals surface area contributed by atoms with Crippen molar-refractivity contribution < 1.29 is 13.2 Å². The highest BCUT2D eigenvalue weighted by atomic mass is 35.5. The molecule has 6 rings (SSSR count). The topological polar surface area (TPSA) is 85.2 Å². The van der Waals surface area contributed by atoms with Gasteiger partial charge < -0.3 is 9.47 Å². The summed E-state index contributed by atoms with van der Waals surface area (Å²) in [6, 6.07) is 7.56. The van der Waals surface area contributed by atoms with E-state index in [4.69, 9.17) is 16.6 Å². The van der Waals surface area contributed by atoms with E-state index in [2.05, 4.69) is 9.55 Å². The summed E-state index contributed by atoms with van der Waals surface area (Å²) in [5.41, 5.74) is 3.28. The molecule has 160 valence electrons. The first-order valence-electron chi connectivity index (χ1n) is 10.5. The van der Waals surface area contributed by atoms with Gasteiger partial charge in [0.1, 0.15) is 5.82 Å². The number of carbonyl (C=O) groups is 1. The zero-order valence-corrected chi connectivity index (χ0v) is 18.4. The summed E-state index contributed by atoms with van der Waals surface area (Å²) in [4.78, 5) is 24.2. The molecule has 0 N–H and O–H groups in total. The van der Waals surface area contributed by atoms with E-state index in [9.17, 15) is 13.2 Å². The van der Waals surface area contributed by atoms with E-state index in [0.717, 1.165) is 47.4 Å². The lowest BCUT2D eigenvalue weighted by atomic mass is 9.99. The van der Waals surface area contributed by atoms with Crippen LogP contribution in [0.4, 0.5) is 5.69 Å². The van der Waals surface area contributed by atoms with Crippen molar-refractivity contribution in [3.05, 3.63) is 53.1 Å². The summed E-state index contributed by atoms with van der Waals surface area (Å²) in [5, 5.41) is 0.609. The Morgan fingerprint density at radius 3 is 2.74 bits per heavy atom. The number of hydrogen-bond donors (Lipinski definition) is 0. The number of carbonyl (C=O) groups excluding carboxylic acids is 1. The minimum Gasteiger partial charge on any atom is -0.326 e. The maximum atomic E-state index is 13.3. The van der Waals surface area contributed by atoms with E-state index in [-0.39, 0.29) is 28.7 Å². The summed E-state index contributed by atoms with van der Waals surface area (Å²) in [7, 11) is -2.85. The number of aromatic nitrogens is 3. The molecule has 2 aromatic heterocycles.